The van der Waals surface area contributed by atoms with Crippen molar-refractivity contribution < 1.29 is 4.42 Å². The Kier molecular flexibility index (Phi) is 6.15. The first-order valence-electron chi connectivity index (χ1n) is 16.4. The molecule has 10 rings (SSSR count). The lowest BCUT2D eigenvalue weighted by Gasteiger charge is -2.12. The van der Waals surface area contributed by atoms with E-state index in [9.17, 15) is 0 Å². The zero-order valence-electron chi connectivity index (χ0n) is 26.3. The molecule has 10 aromatic rings. The Morgan fingerprint density at radius 2 is 0.857 bits per heavy atom. The Morgan fingerprint density at radius 3 is 1.57 bits per heavy atom. The van der Waals surface area contributed by atoms with Crippen LogP contribution in [0.4, 0.5) is 0 Å². The van der Waals surface area contributed by atoms with E-state index in [1.807, 2.05) is 48.5 Å². The smallest absolute Gasteiger partial charge is 0.160 e. The van der Waals surface area contributed by atoms with Crippen LogP contribution in [0.25, 0.3) is 99.5 Å². The van der Waals surface area contributed by atoms with Crippen molar-refractivity contribution in [3.8, 4) is 45.0 Å². The number of benzene rings is 7. The summed E-state index contributed by atoms with van der Waals surface area (Å²) < 4.78 is 6.50. The molecule has 3 aromatic heterocycles. The molecule has 4 nitrogen and oxygen atoms in total. The summed E-state index contributed by atoms with van der Waals surface area (Å²) in [5, 5.41) is 6.55. The van der Waals surface area contributed by atoms with Gasteiger partial charge in [-0.25, -0.2) is 15.0 Å². The second-order valence-corrected chi connectivity index (χ2v) is 12.4. The minimum atomic E-state index is 0.727. The molecular weight excluding hydrogens is 599 g/mol. The second kappa shape index (κ2) is 11.0. The maximum absolute atomic E-state index is 6.50. The number of furan rings is 1. The van der Waals surface area contributed by atoms with Crippen molar-refractivity contribution in [1.82, 2.24) is 15.0 Å². The third-order valence-electron chi connectivity index (χ3n) is 9.49. The molecule has 0 aliphatic carbocycles. The molecule has 4 heteroatoms. The van der Waals surface area contributed by atoms with Gasteiger partial charge in [0.25, 0.3) is 0 Å². The van der Waals surface area contributed by atoms with Crippen LogP contribution >= 0.6 is 0 Å². The van der Waals surface area contributed by atoms with Crippen LogP contribution in [-0.4, -0.2) is 15.0 Å². The Labute approximate surface area is 282 Å². The van der Waals surface area contributed by atoms with Crippen LogP contribution in [0.15, 0.2) is 168 Å². The van der Waals surface area contributed by atoms with Crippen LogP contribution in [0, 0.1) is 0 Å². The lowest BCUT2D eigenvalue weighted by molar-refractivity contribution is 0.673. The monoisotopic (exact) mass is 625 g/mol. The van der Waals surface area contributed by atoms with Gasteiger partial charge in [0.15, 0.2) is 5.82 Å². The van der Waals surface area contributed by atoms with Gasteiger partial charge in [-0.1, -0.05) is 140 Å². The highest BCUT2D eigenvalue weighted by Gasteiger charge is 2.17. The molecule has 0 spiro atoms. The lowest BCUT2D eigenvalue weighted by Crippen LogP contribution is -1.95. The summed E-state index contributed by atoms with van der Waals surface area (Å²) in [7, 11) is 0. The maximum atomic E-state index is 6.50. The zero-order chi connectivity index (χ0) is 32.3. The molecule has 0 saturated carbocycles. The normalized spacial score (nSPS) is 11.7. The zero-order valence-corrected chi connectivity index (χ0v) is 26.3. The molecule has 0 radical (unpaired) electrons. The van der Waals surface area contributed by atoms with Gasteiger partial charge in [-0.15, -0.1) is 0 Å². The molecule has 228 valence electrons. The van der Waals surface area contributed by atoms with Crippen molar-refractivity contribution in [1.29, 1.82) is 0 Å². The minimum absolute atomic E-state index is 0.727. The van der Waals surface area contributed by atoms with E-state index in [0.717, 1.165) is 99.5 Å². The highest BCUT2D eigenvalue weighted by atomic mass is 16.3. The summed E-state index contributed by atoms with van der Waals surface area (Å²) in [5.41, 5.74) is 11.0. The number of rotatable bonds is 4. The van der Waals surface area contributed by atoms with Gasteiger partial charge < -0.3 is 4.42 Å². The van der Waals surface area contributed by atoms with Crippen LogP contribution < -0.4 is 0 Å². The average Bonchev–Trinajstić information content (AvgIpc) is 3.56. The SMILES string of the molecule is c1ccc(-c2nc(-c3ccc(-c4ccc(-c5nc6ccccc6c6c5ccc5c7ccccc7oc56)cc4)cc3)c3ccccc3n2)cc1. The lowest BCUT2D eigenvalue weighted by atomic mass is 9.96. The van der Waals surface area contributed by atoms with E-state index in [2.05, 4.69) is 115 Å². The fraction of sp³-hybridized carbons (Fsp3) is 0. The average molecular weight is 626 g/mol. The van der Waals surface area contributed by atoms with E-state index in [1.54, 1.807) is 0 Å². The summed E-state index contributed by atoms with van der Waals surface area (Å²) in [4.78, 5) is 15.1. The van der Waals surface area contributed by atoms with Gasteiger partial charge >= 0.3 is 0 Å². The van der Waals surface area contributed by atoms with Gasteiger partial charge in [-0.2, -0.15) is 0 Å². The van der Waals surface area contributed by atoms with Crippen molar-refractivity contribution in [2.24, 2.45) is 0 Å². The van der Waals surface area contributed by atoms with Crippen molar-refractivity contribution in [2.45, 2.75) is 0 Å². The van der Waals surface area contributed by atoms with E-state index in [4.69, 9.17) is 19.4 Å². The number of aromatic nitrogens is 3. The van der Waals surface area contributed by atoms with Gasteiger partial charge in [0.05, 0.1) is 22.4 Å². The summed E-state index contributed by atoms with van der Waals surface area (Å²) in [6.45, 7) is 0. The molecule has 3 heterocycles. The molecule has 0 unspecified atom stereocenters. The third-order valence-corrected chi connectivity index (χ3v) is 9.49. The summed E-state index contributed by atoms with van der Waals surface area (Å²) in [6, 6.07) is 56.7. The van der Waals surface area contributed by atoms with Crippen LogP contribution in [0.2, 0.25) is 0 Å². The molecule has 0 saturated heterocycles. The number of para-hydroxylation sites is 3. The molecular formula is C45H27N3O. The second-order valence-electron chi connectivity index (χ2n) is 12.4. The molecule has 7 aromatic carbocycles. The van der Waals surface area contributed by atoms with E-state index < -0.39 is 0 Å². The number of hydrogen-bond donors (Lipinski definition) is 0. The number of hydrogen-bond acceptors (Lipinski definition) is 4. The summed E-state index contributed by atoms with van der Waals surface area (Å²) in [6.07, 6.45) is 0. The van der Waals surface area contributed by atoms with Gasteiger partial charge in [-0.3, -0.25) is 0 Å². The van der Waals surface area contributed by atoms with Crippen LogP contribution in [0.1, 0.15) is 0 Å². The highest BCUT2D eigenvalue weighted by molar-refractivity contribution is 6.24. The predicted molar refractivity (Wildman–Crippen MR) is 201 cm³/mol. The fourth-order valence-electron chi connectivity index (χ4n) is 7.09. The van der Waals surface area contributed by atoms with Crippen molar-refractivity contribution in [3.63, 3.8) is 0 Å². The van der Waals surface area contributed by atoms with Gasteiger partial charge in [0, 0.05) is 49.0 Å². The molecule has 0 atom stereocenters. The molecule has 49 heavy (non-hydrogen) atoms. The topological polar surface area (TPSA) is 51.8 Å². The van der Waals surface area contributed by atoms with Crippen LogP contribution in [0.5, 0.6) is 0 Å². The summed E-state index contributed by atoms with van der Waals surface area (Å²) >= 11 is 0. The molecule has 0 amide bonds. The Hall–Kier alpha value is -6.65. The summed E-state index contributed by atoms with van der Waals surface area (Å²) in [5.74, 6) is 0.727. The Bertz CT molecular complexity index is 2860. The van der Waals surface area contributed by atoms with Crippen molar-refractivity contribution in [2.75, 3.05) is 0 Å². The van der Waals surface area contributed by atoms with E-state index >= 15 is 0 Å². The van der Waals surface area contributed by atoms with E-state index in [-0.39, 0.29) is 0 Å². The first kappa shape index (κ1) is 27.5. The number of nitrogens with zero attached hydrogens (tertiary/aromatic N) is 3. The van der Waals surface area contributed by atoms with Crippen LogP contribution in [0.3, 0.4) is 0 Å². The Morgan fingerprint density at radius 1 is 0.327 bits per heavy atom. The first-order chi connectivity index (χ1) is 24.3. The van der Waals surface area contributed by atoms with Gasteiger partial charge in [0.2, 0.25) is 0 Å². The molecule has 0 aliphatic heterocycles. The highest BCUT2D eigenvalue weighted by Crippen LogP contribution is 2.41. The number of fused-ring (bicyclic) bond motifs is 8. The third kappa shape index (κ3) is 4.49. The first-order valence-corrected chi connectivity index (χ1v) is 16.4. The molecule has 0 bridgehead atoms. The maximum Gasteiger partial charge on any atom is 0.160 e. The molecule has 0 N–H and O–H groups in total. The quantitative estimate of drug-likeness (QED) is 0.183. The van der Waals surface area contributed by atoms with Crippen LogP contribution in [-0.2, 0) is 0 Å². The van der Waals surface area contributed by atoms with Crippen molar-refractivity contribution in [3.05, 3.63) is 164 Å². The molecule has 0 fully saturated rings. The van der Waals surface area contributed by atoms with Gasteiger partial charge in [0.1, 0.15) is 11.2 Å². The van der Waals surface area contributed by atoms with E-state index in [0.29, 0.717) is 0 Å². The minimum Gasteiger partial charge on any atom is -0.455 e. The fourth-order valence-corrected chi connectivity index (χ4v) is 7.09. The number of pyridine rings is 1. The molecule has 0 aliphatic rings. The Balaban J connectivity index is 1.05. The van der Waals surface area contributed by atoms with Crippen molar-refractivity contribution >= 4 is 54.5 Å². The van der Waals surface area contributed by atoms with Gasteiger partial charge in [-0.05, 0) is 35.4 Å². The largest absolute Gasteiger partial charge is 0.455 e. The van der Waals surface area contributed by atoms with E-state index in [1.165, 1.54) is 0 Å². The predicted octanol–water partition coefficient (Wildman–Crippen LogP) is 11.9. The standard InChI is InChI=1S/C45H27N3O/c1-2-10-32(11-3-1)45-47-39-16-8-5-14-36(39)42(48-45)30-22-18-28(19-23-30)29-20-24-31(25-21-29)43-37-27-26-34-33-12-6-9-17-40(33)49-44(34)41(37)35-13-4-7-15-38(35)46-43/h1-27H.